The van der Waals surface area contributed by atoms with Gasteiger partial charge in [0.25, 0.3) is 0 Å². The summed E-state index contributed by atoms with van der Waals surface area (Å²) >= 11 is 0. The van der Waals surface area contributed by atoms with Crippen LogP contribution in [0.5, 0.6) is 0 Å². The topological polar surface area (TPSA) is 43.9 Å². The minimum Gasteiger partial charge on any atom is -0.340 e. The molecule has 4 rings (SSSR count). The maximum absolute atomic E-state index is 13.1. The SMILES string of the molecule is CC1CCCCN1C(=O)CN1CCN(C(=O)C2CC2c2ccc(F)cc2)CC1. The van der Waals surface area contributed by atoms with Crippen molar-refractivity contribution in [3.63, 3.8) is 0 Å². The van der Waals surface area contributed by atoms with Crippen LogP contribution in [0, 0.1) is 11.7 Å². The molecule has 1 aromatic carbocycles. The van der Waals surface area contributed by atoms with Gasteiger partial charge in [-0.2, -0.15) is 0 Å². The highest BCUT2D eigenvalue weighted by Gasteiger charge is 2.46. The van der Waals surface area contributed by atoms with Crippen LogP contribution >= 0.6 is 0 Å². The molecule has 152 valence electrons. The van der Waals surface area contributed by atoms with Crippen molar-refractivity contribution in [1.29, 1.82) is 0 Å². The van der Waals surface area contributed by atoms with Gasteiger partial charge in [-0.1, -0.05) is 12.1 Å². The molecule has 3 fully saturated rings. The van der Waals surface area contributed by atoms with E-state index in [0.29, 0.717) is 25.7 Å². The highest BCUT2D eigenvalue weighted by molar-refractivity contribution is 5.83. The summed E-state index contributed by atoms with van der Waals surface area (Å²) in [5, 5.41) is 0. The molecule has 1 aromatic rings. The average Bonchev–Trinajstić information content (AvgIpc) is 3.50. The number of piperazine rings is 1. The molecule has 3 aliphatic rings. The largest absolute Gasteiger partial charge is 0.340 e. The van der Waals surface area contributed by atoms with Crippen molar-refractivity contribution in [3.05, 3.63) is 35.6 Å². The summed E-state index contributed by atoms with van der Waals surface area (Å²) in [7, 11) is 0. The van der Waals surface area contributed by atoms with Crippen molar-refractivity contribution in [1.82, 2.24) is 14.7 Å². The van der Waals surface area contributed by atoms with Gasteiger partial charge in [0.1, 0.15) is 5.82 Å². The number of carbonyl (C=O) groups is 2. The van der Waals surface area contributed by atoms with Gasteiger partial charge in [0.15, 0.2) is 0 Å². The van der Waals surface area contributed by atoms with Crippen molar-refractivity contribution in [2.45, 2.75) is 44.6 Å². The Kier molecular flexibility index (Phi) is 5.67. The molecule has 5 nitrogen and oxygen atoms in total. The molecular formula is C22H30FN3O2. The standard InChI is InChI=1S/C22H30FN3O2/c1-16-4-2-3-9-26(16)21(27)15-24-10-12-25(13-11-24)22(28)20-14-19(20)17-5-7-18(23)8-6-17/h5-8,16,19-20H,2-4,9-15H2,1H3. The number of rotatable bonds is 4. The van der Waals surface area contributed by atoms with E-state index in [2.05, 4.69) is 11.8 Å². The zero-order valence-electron chi connectivity index (χ0n) is 16.6. The van der Waals surface area contributed by atoms with E-state index in [1.54, 1.807) is 12.1 Å². The molecule has 0 aromatic heterocycles. The van der Waals surface area contributed by atoms with Crippen LogP contribution in [0.25, 0.3) is 0 Å². The van der Waals surface area contributed by atoms with Gasteiger partial charge in [0, 0.05) is 44.7 Å². The van der Waals surface area contributed by atoms with Gasteiger partial charge < -0.3 is 9.80 Å². The lowest BCUT2D eigenvalue weighted by Crippen LogP contribution is -2.53. The van der Waals surface area contributed by atoms with E-state index in [1.807, 2.05) is 9.80 Å². The summed E-state index contributed by atoms with van der Waals surface area (Å²) in [6.07, 6.45) is 4.28. The second-order valence-corrected chi connectivity index (χ2v) is 8.53. The predicted molar refractivity (Wildman–Crippen MR) is 105 cm³/mol. The Hall–Kier alpha value is -1.95. The highest BCUT2D eigenvalue weighted by atomic mass is 19.1. The lowest BCUT2D eigenvalue weighted by Gasteiger charge is -2.38. The van der Waals surface area contributed by atoms with Crippen LogP contribution in [0.1, 0.15) is 44.1 Å². The molecule has 2 aliphatic heterocycles. The lowest BCUT2D eigenvalue weighted by atomic mass is 10.0. The number of amides is 2. The van der Waals surface area contributed by atoms with Crippen molar-refractivity contribution >= 4 is 11.8 Å². The number of hydrogen-bond donors (Lipinski definition) is 0. The number of likely N-dealkylation sites (tertiary alicyclic amines) is 1. The normalized spacial score (nSPS) is 28.3. The second kappa shape index (κ2) is 8.19. The Morgan fingerprint density at radius 3 is 2.43 bits per heavy atom. The Bertz CT molecular complexity index is 715. The van der Waals surface area contributed by atoms with Crippen LogP contribution in [0.15, 0.2) is 24.3 Å². The fourth-order valence-electron chi connectivity index (χ4n) is 4.66. The first kappa shape index (κ1) is 19.4. The second-order valence-electron chi connectivity index (χ2n) is 8.53. The zero-order valence-corrected chi connectivity index (χ0v) is 16.6. The highest BCUT2D eigenvalue weighted by Crippen LogP contribution is 2.48. The molecule has 2 saturated heterocycles. The molecule has 3 atom stereocenters. The molecule has 6 heteroatoms. The van der Waals surface area contributed by atoms with Crippen LogP contribution in [-0.2, 0) is 9.59 Å². The van der Waals surface area contributed by atoms with Crippen molar-refractivity contribution < 1.29 is 14.0 Å². The summed E-state index contributed by atoms with van der Waals surface area (Å²) in [5.41, 5.74) is 1.06. The minimum atomic E-state index is -0.239. The lowest BCUT2D eigenvalue weighted by molar-refractivity contribution is -0.137. The first-order valence-electron chi connectivity index (χ1n) is 10.6. The molecule has 2 amide bonds. The van der Waals surface area contributed by atoms with E-state index >= 15 is 0 Å². The molecule has 1 aliphatic carbocycles. The maximum atomic E-state index is 13.1. The molecular weight excluding hydrogens is 357 g/mol. The van der Waals surface area contributed by atoms with Crippen molar-refractivity contribution in [3.8, 4) is 0 Å². The van der Waals surface area contributed by atoms with E-state index in [1.165, 1.54) is 18.6 Å². The van der Waals surface area contributed by atoms with Crippen LogP contribution in [0.4, 0.5) is 4.39 Å². The Morgan fingerprint density at radius 2 is 1.75 bits per heavy atom. The number of nitrogens with zero attached hydrogens (tertiary/aromatic N) is 3. The van der Waals surface area contributed by atoms with Gasteiger partial charge in [-0.3, -0.25) is 14.5 Å². The van der Waals surface area contributed by atoms with Crippen molar-refractivity contribution in [2.75, 3.05) is 39.3 Å². The monoisotopic (exact) mass is 387 g/mol. The number of hydrogen-bond acceptors (Lipinski definition) is 3. The summed E-state index contributed by atoms with van der Waals surface area (Å²) in [5.74, 6) is 0.466. The fourth-order valence-corrected chi connectivity index (χ4v) is 4.66. The molecule has 0 spiro atoms. The molecule has 2 heterocycles. The number of halogens is 1. The van der Waals surface area contributed by atoms with Crippen LogP contribution in [0.2, 0.25) is 0 Å². The minimum absolute atomic E-state index is 0.0350. The third kappa shape index (κ3) is 4.22. The number of benzene rings is 1. The average molecular weight is 387 g/mol. The summed E-state index contributed by atoms with van der Waals surface area (Å²) < 4.78 is 13.1. The molecule has 1 saturated carbocycles. The Balaban J connectivity index is 1.23. The van der Waals surface area contributed by atoms with Gasteiger partial charge in [-0.05, 0) is 56.2 Å². The van der Waals surface area contributed by atoms with Crippen LogP contribution in [0.3, 0.4) is 0 Å². The van der Waals surface area contributed by atoms with Gasteiger partial charge in [-0.15, -0.1) is 0 Å². The van der Waals surface area contributed by atoms with Crippen LogP contribution in [-0.4, -0.2) is 71.8 Å². The molecule has 0 radical (unpaired) electrons. The van der Waals surface area contributed by atoms with E-state index < -0.39 is 0 Å². The van der Waals surface area contributed by atoms with Gasteiger partial charge in [0.2, 0.25) is 11.8 Å². The van der Waals surface area contributed by atoms with Gasteiger partial charge >= 0.3 is 0 Å². The molecule has 0 N–H and O–H groups in total. The summed E-state index contributed by atoms with van der Waals surface area (Å²) in [6.45, 7) is 6.38. The first-order valence-corrected chi connectivity index (χ1v) is 10.6. The van der Waals surface area contributed by atoms with Gasteiger partial charge in [0.05, 0.1) is 6.54 Å². The zero-order chi connectivity index (χ0) is 19.7. The fraction of sp³-hybridized carbons (Fsp3) is 0.636. The summed E-state index contributed by atoms with van der Waals surface area (Å²) in [4.78, 5) is 31.5. The first-order chi connectivity index (χ1) is 13.5. The van der Waals surface area contributed by atoms with Crippen molar-refractivity contribution in [2.24, 2.45) is 5.92 Å². The molecule has 28 heavy (non-hydrogen) atoms. The third-order valence-electron chi connectivity index (χ3n) is 6.57. The predicted octanol–water partition coefficient (Wildman–Crippen LogP) is 2.47. The third-order valence-corrected chi connectivity index (χ3v) is 6.57. The van der Waals surface area contributed by atoms with Crippen LogP contribution < -0.4 is 0 Å². The van der Waals surface area contributed by atoms with E-state index in [4.69, 9.17) is 0 Å². The number of carbonyl (C=O) groups excluding carboxylic acids is 2. The van der Waals surface area contributed by atoms with E-state index in [9.17, 15) is 14.0 Å². The summed E-state index contributed by atoms with van der Waals surface area (Å²) in [6, 6.07) is 6.86. The molecule has 3 unspecified atom stereocenters. The smallest absolute Gasteiger partial charge is 0.236 e. The molecule has 0 bridgehead atoms. The quantitative estimate of drug-likeness (QED) is 0.797. The van der Waals surface area contributed by atoms with Gasteiger partial charge in [-0.25, -0.2) is 4.39 Å². The maximum Gasteiger partial charge on any atom is 0.236 e. The Labute approximate surface area is 166 Å². The number of piperidine rings is 1. The van der Waals surface area contributed by atoms with E-state index in [0.717, 1.165) is 44.5 Å². The van der Waals surface area contributed by atoms with E-state index in [-0.39, 0.29) is 29.5 Å². The Morgan fingerprint density at radius 1 is 1.04 bits per heavy atom.